The van der Waals surface area contributed by atoms with Crippen molar-refractivity contribution in [3.05, 3.63) is 0 Å². The van der Waals surface area contributed by atoms with Crippen LogP contribution in [0.5, 0.6) is 0 Å². The zero-order valence-electron chi connectivity index (χ0n) is 5.52. The molecule has 0 aromatic rings. The van der Waals surface area contributed by atoms with Crippen LogP contribution >= 0.6 is 15.9 Å². The van der Waals surface area contributed by atoms with E-state index in [1.165, 1.54) is 0 Å². The van der Waals surface area contributed by atoms with Crippen molar-refractivity contribution in [1.29, 1.82) is 0 Å². The minimum atomic E-state index is 0. The molecule has 0 N–H and O–H groups in total. The summed E-state index contributed by atoms with van der Waals surface area (Å²) in [5.41, 5.74) is 0. The second kappa shape index (κ2) is 25.3. The molecule has 47 valence electrons. The van der Waals surface area contributed by atoms with Crippen molar-refractivity contribution in [2.75, 3.05) is 5.33 Å². The average Bonchev–Trinajstić information content (AvgIpc) is 1.88. The first kappa shape index (κ1) is 15.9. The van der Waals surface area contributed by atoms with Gasteiger partial charge >= 0.3 is 0 Å². The Morgan fingerprint density at radius 1 is 1.33 bits per heavy atom. The van der Waals surface area contributed by atoms with E-state index in [0.717, 1.165) is 6.42 Å². The van der Waals surface area contributed by atoms with Crippen LogP contribution in [0.1, 0.15) is 13.3 Å². The summed E-state index contributed by atoms with van der Waals surface area (Å²) in [5, 5.41) is 0.660. The van der Waals surface area contributed by atoms with Gasteiger partial charge in [-0.1, -0.05) is 28.8 Å². The third kappa shape index (κ3) is 88.7. The fourth-order valence-electron chi connectivity index (χ4n) is 0. The van der Waals surface area contributed by atoms with Crippen LogP contribution in [0.15, 0.2) is 0 Å². The highest BCUT2D eigenvalue weighted by atomic mass is 79.9. The summed E-state index contributed by atoms with van der Waals surface area (Å²) in [6.45, 7) is 1.94. The second-order valence-electron chi connectivity index (χ2n) is 0.895. The third-order valence-electron chi connectivity index (χ3n) is 0.281. The van der Waals surface area contributed by atoms with Crippen LogP contribution < -0.4 is 0 Å². The van der Waals surface area contributed by atoms with Gasteiger partial charge < -0.3 is 0 Å². The quantitative estimate of drug-likeness (QED) is 0.305. The topological polar surface area (TPSA) is 0 Å². The van der Waals surface area contributed by atoms with E-state index in [0.29, 0.717) is 5.33 Å². The van der Waals surface area contributed by atoms with Crippen molar-refractivity contribution in [1.82, 2.24) is 0 Å². The first-order valence-corrected chi connectivity index (χ1v) is 3.38. The standard InChI is InChI=1S/C4H6.C3H3Br.B/c1-3-4-2;1-2-3-4;/h1H,4H2,2H3;1H,3H2;. The predicted molar refractivity (Wildman–Crippen MR) is 47.5 cm³/mol. The Morgan fingerprint density at radius 3 is 1.56 bits per heavy atom. The van der Waals surface area contributed by atoms with E-state index in [2.05, 4.69) is 27.8 Å². The lowest BCUT2D eigenvalue weighted by Crippen LogP contribution is -1.45. The Balaban J connectivity index is -0.0000000720. The molecule has 0 aliphatic heterocycles. The molecule has 0 heterocycles. The molecule has 0 amide bonds. The lowest BCUT2D eigenvalue weighted by Gasteiger charge is -1.52. The van der Waals surface area contributed by atoms with Crippen molar-refractivity contribution in [2.45, 2.75) is 13.3 Å². The van der Waals surface area contributed by atoms with Crippen molar-refractivity contribution in [3.63, 3.8) is 0 Å². The van der Waals surface area contributed by atoms with Crippen molar-refractivity contribution >= 4 is 24.3 Å². The van der Waals surface area contributed by atoms with E-state index in [1.807, 2.05) is 6.92 Å². The Kier molecular flexibility index (Phi) is 44.7. The molecular weight excluding hydrogens is 175 g/mol. The molecule has 0 rings (SSSR count). The highest BCUT2D eigenvalue weighted by Gasteiger charge is 1.46. The van der Waals surface area contributed by atoms with Gasteiger partial charge in [0, 0.05) is 14.8 Å². The van der Waals surface area contributed by atoms with Crippen molar-refractivity contribution < 1.29 is 0 Å². The Hall–Kier alpha value is -0.335. The highest BCUT2D eigenvalue weighted by Crippen LogP contribution is 1.68. The molecular formula is C7H9BBr. The monoisotopic (exact) mass is 183 g/mol. The van der Waals surface area contributed by atoms with E-state index in [4.69, 9.17) is 12.8 Å². The molecule has 0 spiro atoms. The summed E-state index contributed by atoms with van der Waals surface area (Å²) in [6, 6.07) is 0. The molecule has 2 heteroatoms. The van der Waals surface area contributed by atoms with Gasteiger partial charge in [0.15, 0.2) is 0 Å². The smallest absolute Gasteiger partial charge is 0.0642 e. The number of rotatable bonds is 0. The lowest BCUT2D eigenvalue weighted by atomic mass is 10.5. The van der Waals surface area contributed by atoms with Crippen LogP contribution in [-0.4, -0.2) is 13.7 Å². The Labute approximate surface area is 68.1 Å². The van der Waals surface area contributed by atoms with Gasteiger partial charge in [-0.05, 0) is 0 Å². The van der Waals surface area contributed by atoms with Gasteiger partial charge in [-0.15, -0.1) is 18.8 Å². The summed E-state index contributed by atoms with van der Waals surface area (Å²) in [6.07, 6.45) is 10.4. The van der Waals surface area contributed by atoms with E-state index in [9.17, 15) is 0 Å². The van der Waals surface area contributed by atoms with Gasteiger partial charge in [-0.2, -0.15) is 0 Å². The molecule has 0 aromatic heterocycles. The average molecular weight is 184 g/mol. The van der Waals surface area contributed by atoms with E-state index < -0.39 is 0 Å². The van der Waals surface area contributed by atoms with Gasteiger partial charge in [0.1, 0.15) is 0 Å². The molecule has 0 bridgehead atoms. The third-order valence-corrected chi connectivity index (χ3v) is 0.605. The minimum absolute atomic E-state index is 0. The fourth-order valence-corrected chi connectivity index (χ4v) is 0. The van der Waals surface area contributed by atoms with Crippen LogP contribution in [0, 0.1) is 24.7 Å². The van der Waals surface area contributed by atoms with Crippen LogP contribution in [0.4, 0.5) is 0 Å². The number of terminal acetylenes is 2. The molecule has 0 aromatic carbocycles. The van der Waals surface area contributed by atoms with Crippen LogP contribution in [0.3, 0.4) is 0 Å². The molecule has 9 heavy (non-hydrogen) atoms. The molecule has 0 atom stereocenters. The fraction of sp³-hybridized carbons (Fsp3) is 0.429. The van der Waals surface area contributed by atoms with Crippen LogP contribution in [-0.2, 0) is 0 Å². The SMILES string of the molecule is C#CCBr.C#CCC.[B]. The molecule has 0 saturated carbocycles. The summed E-state index contributed by atoms with van der Waals surface area (Å²) < 4.78 is 0. The first-order chi connectivity index (χ1) is 3.83. The zero-order chi connectivity index (χ0) is 6.83. The number of alkyl halides is 1. The molecule has 0 fully saturated rings. The summed E-state index contributed by atoms with van der Waals surface area (Å²) in [4.78, 5) is 0. The van der Waals surface area contributed by atoms with E-state index in [1.54, 1.807) is 0 Å². The number of hydrogen-bond acceptors (Lipinski definition) is 0. The molecule has 3 radical (unpaired) electrons. The molecule has 0 saturated heterocycles. The Bertz CT molecular complexity index is 82.5. The molecule has 0 nitrogen and oxygen atoms in total. The zero-order valence-corrected chi connectivity index (χ0v) is 7.11. The van der Waals surface area contributed by atoms with Crippen molar-refractivity contribution in [3.8, 4) is 24.7 Å². The summed E-state index contributed by atoms with van der Waals surface area (Å²) in [7, 11) is 0. The van der Waals surface area contributed by atoms with Crippen LogP contribution in [0.25, 0.3) is 0 Å². The molecule has 0 unspecified atom stereocenters. The predicted octanol–water partition coefficient (Wildman–Crippen LogP) is 1.66. The van der Waals surface area contributed by atoms with Gasteiger partial charge in [0.2, 0.25) is 0 Å². The maximum Gasteiger partial charge on any atom is 0.0642 e. The normalized spacial score (nSPS) is 4.44. The van der Waals surface area contributed by atoms with Crippen LogP contribution in [0.2, 0.25) is 0 Å². The van der Waals surface area contributed by atoms with Gasteiger partial charge in [0.05, 0.1) is 5.33 Å². The van der Waals surface area contributed by atoms with E-state index in [-0.39, 0.29) is 8.41 Å². The van der Waals surface area contributed by atoms with E-state index >= 15 is 0 Å². The summed E-state index contributed by atoms with van der Waals surface area (Å²) >= 11 is 3.01. The maximum absolute atomic E-state index is 4.78. The first-order valence-electron chi connectivity index (χ1n) is 2.26. The largest absolute Gasteiger partial charge is 0.120 e. The summed E-state index contributed by atoms with van der Waals surface area (Å²) in [5.74, 6) is 4.78. The van der Waals surface area contributed by atoms with Gasteiger partial charge in [-0.25, -0.2) is 0 Å². The van der Waals surface area contributed by atoms with Gasteiger partial charge in [-0.3, -0.25) is 0 Å². The van der Waals surface area contributed by atoms with Crippen molar-refractivity contribution in [2.24, 2.45) is 0 Å². The van der Waals surface area contributed by atoms with Gasteiger partial charge in [0.25, 0.3) is 0 Å². The maximum atomic E-state index is 4.78. The minimum Gasteiger partial charge on any atom is -0.120 e. The second-order valence-corrected chi connectivity index (χ2v) is 1.46. The highest BCUT2D eigenvalue weighted by molar-refractivity contribution is 9.09. The molecule has 0 aliphatic rings. The number of halogens is 1. The Morgan fingerprint density at radius 2 is 1.56 bits per heavy atom. The number of hydrogen-bond donors (Lipinski definition) is 0. The molecule has 0 aliphatic carbocycles. The lowest BCUT2D eigenvalue weighted by molar-refractivity contribution is 1.28.